The van der Waals surface area contributed by atoms with Crippen molar-refractivity contribution < 1.29 is 18.0 Å². The number of carbonyl (C=O) groups is 1. The highest BCUT2D eigenvalue weighted by Gasteiger charge is 2.34. The Hall–Kier alpha value is -1.90. The molecule has 0 radical (unpaired) electrons. The SMILES string of the molecule is Cc1cc(C(F)(F)F)nn1CC(C)C(=O)Nc1nccs1. The van der Waals surface area contributed by atoms with Gasteiger partial charge in [-0.15, -0.1) is 11.3 Å². The third kappa shape index (κ3) is 3.81. The summed E-state index contributed by atoms with van der Waals surface area (Å²) in [6.45, 7) is 3.21. The summed E-state index contributed by atoms with van der Waals surface area (Å²) in [5.74, 6) is -0.845. The Bertz CT molecular complexity index is 621. The summed E-state index contributed by atoms with van der Waals surface area (Å²) in [6.07, 6.45) is -2.93. The molecular formula is C12H13F3N4OS. The minimum atomic E-state index is -4.48. The van der Waals surface area contributed by atoms with Gasteiger partial charge in [-0.3, -0.25) is 9.48 Å². The van der Waals surface area contributed by atoms with E-state index >= 15 is 0 Å². The molecule has 2 aromatic rings. The number of anilines is 1. The molecule has 1 atom stereocenters. The van der Waals surface area contributed by atoms with Gasteiger partial charge in [-0.05, 0) is 13.0 Å². The first-order chi connectivity index (χ1) is 9.77. The van der Waals surface area contributed by atoms with E-state index in [1.807, 2.05) is 0 Å². The molecule has 0 aromatic carbocycles. The average Bonchev–Trinajstić information content (AvgIpc) is 2.99. The maximum Gasteiger partial charge on any atom is 0.435 e. The van der Waals surface area contributed by atoms with Gasteiger partial charge >= 0.3 is 6.18 Å². The van der Waals surface area contributed by atoms with E-state index in [0.29, 0.717) is 10.8 Å². The van der Waals surface area contributed by atoms with E-state index in [9.17, 15) is 18.0 Å². The molecule has 0 spiro atoms. The zero-order valence-electron chi connectivity index (χ0n) is 11.3. The normalized spacial score (nSPS) is 13.2. The molecule has 0 bridgehead atoms. The molecule has 0 fully saturated rings. The second kappa shape index (κ2) is 5.84. The van der Waals surface area contributed by atoms with Gasteiger partial charge in [0.05, 0.1) is 12.5 Å². The molecule has 1 unspecified atom stereocenters. The van der Waals surface area contributed by atoms with Crippen LogP contribution in [-0.2, 0) is 17.5 Å². The van der Waals surface area contributed by atoms with Crippen molar-refractivity contribution in [3.63, 3.8) is 0 Å². The summed E-state index contributed by atoms with van der Waals surface area (Å²) in [5.41, 5.74) is -0.594. The van der Waals surface area contributed by atoms with Crippen LogP contribution in [0.15, 0.2) is 17.6 Å². The highest BCUT2D eigenvalue weighted by molar-refractivity contribution is 7.13. The van der Waals surface area contributed by atoms with E-state index in [4.69, 9.17) is 0 Å². The number of nitrogens with zero attached hydrogens (tertiary/aromatic N) is 3. The predicted molar refractivity (Wildman–Crippen MR) is 71.9 cm³/mol. The summed E-state index contributed by atoms with van der Waals surface area (Å²) in [5, 5.41) is 8.28. The number of alkyl halides is 3. The van der Waals surface area contributed by atoms with Gasteiger partial charge in [0, 0.05) is 17.3 Å². The molecule has 0 aliphatic rings. The number of aryl methyl sites for hydroxylation is 1. The third-order valence-electron chi connectivity index (χ3n) is 2.83. The predicted octanol–water partition coefficient (Wildman–Crippen LogP) is 2.94. The third-order valence-corrected chi connectivity index (χ3v) is 3.52. The average molecular weight is 318 g/mol. The Kier molecular flexibility index (Phi) is 4.31. The van der Waals surface area contributed by atoms with E-state index in [2.05, 4.69) is 15.4 Å². The van der Waals surface area contributed by atoms with Crippen molar-refractivity contribution in [3.05, 3.63) is 29.0 Å². The fourth-order valence-corrected chi connectivity index (χ4v) is 2.22. The Morgan fingerprint density at radius 1 is 1.52 bits per heavy atom. The van der Waals surface area contributed by atoms with Crippen LogP contribution in [0.5, 0.6) is 0 Å². The van der Waals surface area contributed by atoms with Crippen molar-refractivity contribution in [1.82, 2.24) is 14.8 Å². The van der Waals surface area contributed by atoms with Gasteiger partial charge in [0.2, 0.25) is 5.91 Å². The lowest BCUT2D eigenvalue weighted by atomic mass is 10.1. The number of rotatable bonds is 4. The molecule has 0 saturated heterocycles. The van der Waals surface area contributed by atoms with Crippen LogP contribution in [0.4, 0.5) is 18.3 Å². The molecule has 1 N–H and O–H groups in total. The van der Waals surface area contributed by atoms with Gasteiger partial charge in [0.1, 0.15) is 0 Å². The summed E-state index contributed by atoms with van der Waals surface area (Å²) in [7, 11) is 0. The van der Waals surface area contributed by atoms with Gasteiger partial charge in [-0.1, -0.05) is 6.92 Å². The van der Waals surface area contributed by atoms with Gasteiger partial charge in [0.25, 0.3) is 0 Å². The Morgan fingerprint density at radius 3 is 2.76 bits per heavy atom. The summed E-state index contributed by atoms with van der Waals surface area (Å²) >= 11 is 1.27. The topological polar surface area (TPSA) is 59.8 Å². The maximum atomic E-state index is 12.6. The minimum absolute atomic E-state index is 0.0686. The lowest BCUT2D eigenvalue weighted by Crippen LogP contribution is -2.25. The van der Waals surface area contributed by atoms with Crippen LogP contribution in [0.3, 0.4) is 0 Å². The number of carbonyl (C=O) groups excluding carboxylic acids is 1. The van der Waals surface area contributed by atoms with Crippen LogP contribution in [0, 0.1) is 12.8 Å². The first kappa shape index (κ1) is 15.5. The van der Waals surface area contributed by atoms with Crippen LogP contribution in [0.1, 0.15) is 18.3 Å². The minimum Gasteiger partial charge on any atom is -0.302 e. The molecular weight excluding hydrogens is 305 g/mol. The maximum absolute atomic E-state index is 12.6. The summed E-state index contributed by atoms with van der Waals surface area (Å²) < 4.78 is 38.9. The number of nitrogens with one attached hydrogen (secondary N) is 1. The molecule has 9 heteroatoms. The summed E-state index contributed by atoms with van der Waals surface area (Å²) in [4.78, 5) is 15.8. The molecule has 0 aliphatic heterocycles. The van der Waals surface area contributed by atoms with Gasteiger partial charge in [-0.2, -0.15) is 18.3 Å². The van der Waals surface area contributed by atoms with Crippen molar-refractivity contribution in [1.29, 1.82) is 0 Å². The number of hydrogen-bond acceptors (Lipinski definition) is 4. The monoisotopic (exact) mass is 318 g/mol. The molecule has 5 nitrogen and oxygen atoms in total. The molecule has 2 aromatic heterocycles. The van der Waals surface area contributed by atoms with Gasteiger partial charge in [-0.25, -0.2) is 4.98 Å². The first-order valence-electron chi connectivity index (χ1n) is 6.09. The van der Waals surface area contributed by atoms with E-state index < -0.39 is 17.8 Å². The number of hydrogen-bond donors (Lipinski definition) is 1. The second-order valence-electron chi connectivity index (χ2n) is 4.58. The zero-order valence-corrected chi connectivity index (χ0v) is 12.1. The number of amides is 1. The molecule has 114 valence electrons. The van der Waals surface area contributed by atoms with Crippen LogP contribution in [0.2, 0.25) is 0 Å². The fraction of sp³-hybridized carbons (Fsp3) is 0.417. The number of aromatic nitrogens is 3. The highest BCUT2D eigenvalue weighted by atomic mass is 32.1. The van der Waals surface area contributed by atoms with Crippen molar-refractivity contribution in [2.45, 2.75) is 26.6 Å². The largest absolute Gasteiger partial charge is 0.435 e. The van der Waals surface area contributed by atoms with Gasteiger partial charge in [0.15, 0.2) is 10.8 Å². The lowest BCUT2D eigenvalue weighted by molar-refractivity contribution is -0.141. The van der Waals surface area contributed by atoms with Crippen molar-refractivity contribution in [3.8, 4) is 0 Å². The zero-order chi connectivity index (χ0) is 15.6. The van der Waals surface area contributed by atoms with E-state index in [0.717, 1.165) is 6.07 Å². The van der Waals surface area contributed by atoms with Crippen molar-refractivity contribution in [2.75, 3.05) is 5.32 Å². The van der Waals surface area contributed by atoms with Gasteiger partial charge < -0.3 is 5.32 Å². The molecule has 2 rings (SSSR count). The van der Waals surface area contributed by atoms with Crippen molar-refractivity contribution in [2.24, 2.45) is 5.92 Å². The molecule has 21 heavy (non-hydrogen) atoms. The van der Waals surface area contributed by atoms with E-state index in [1.165, 1.54) is 22.9 Å². The second-order valence-corrected chi connectivity index (χ2v) is 5.47. The Labute approximate surface area is 122 Å². The van der Waals surface area contributed by atoms with E-state index in [1.54, 1.807) is 18.5 Å². The standard InChI is InChI=1S/C12H13F3N4OS/c1-7(10(20)17-11-16-3-4-21-11)6-19-8(2)5-9(18-19)12(13,14)15/h3-5,7H,6H2,1-2H3,(H,16,17,20). The van der Waals surface area contributed by atoms with Crippen LogP contribution >= 0.6 is 11.3 Å². The molecule has 0 saturated carbocycles. The highest BCUT2D eigenvalue weighted by Crippen LogP contribution is 2.28. The number of halogens is 3. The van der Waals surface area contributed by atoms with Crippen LogP contribution in [0.25, 0.3) is 0 Å². The van der Waals surface area contributed by atoms with Crippen LogP contribution < -0.4 is 5.32 Å². The first-order valence-corrected chi connectivity index (χ1v) is 6.97. The summed E-state index contributed by atoms with van der Waals surface area (Å²) in [6, 6.07) is 0.964. The molecule has 0 aliphatic carbocycles. The van der Waals surface area contributed by atoms with Crippen LogP contribution in [-0.4, -0.2) is 20.7 Å². The number of thiazole rings is 1. The quantitative estimate of drug-likeness (QED) is 0.943. The molecule has 1 amide bonds. The Balaban J connectivity index is 2.04. The Morgan fingerprint density at radius 2 is 2.24 bits per heavy atom. The van der Waals surface area contributed by atoms with Crippen molar-refractivity contribution >= 4 is 22.4 Å². The fourth-order valence-electron chi connectivity index (χ4n) is 1.69. The van der Waals surface area contributed by atoms with E-state index in [-0.39, 0.29) is 12.5 Å². The molecule has 2 heterocycles. The smallest absolute Gasteiger partial charge is 0.302 e. The lowest BCUT2D eigenvalue weighted by Gasteiger charge is -2.12.